The number of amides is 2. The van der Waals surface area contributed by atoms with Crippen molar-refractivity contribution in [1.82, 2.24) is 5.32 Å². The van der Waals surface area contributed by atoms with E-state index in [9.17, 15) is 9.59 Å². The zero-order chi connectivity index (χ0) is 27.0. The van der Waals surface area contributed by atoms with Crippen LogP contribution in [0.1, 0.15) is 30.4 Å². The molecule has 202 valence electrons. The van der Waals surface area contributed by atoms with E-state index in [1.54, 1.807) is 7.11 Å². The van der Waals surface area contributed by atoms with Crippen molar-refractivity contribution in [3.63, 3.8) is 0 Å². The van der Waals surface area contributed by atoms with Gasteiger partial charge in [-0.15, -0.1) is 0 Å². The van der Waals surface area contributed by atoms with E-state index in [0.29, 0.717) is 37.8 Å². The standard InChI is InChI=1S/C28H39N3O5S/c1-20(22-11-7-4-8-12-22)26(23(27(30)33)18-25(29)32)24(17-21-9-5-3-6-10-21)28(37)31-13-14-35-19-36-16-15-34-2/h3-12,20,23-24,26H,13-19H2,1-2H3,(H2,29,32)(H2,30,33)(H,31,37)/t20?,23-,24+,26?/m1/s1. The summed E-state index contributed by atoms with van der Waals surface area (Å²) < 4.78 is 15.8. The first-order valence-corrected chi connectivity index (χ1v) is 12.8. The van der Waals surface area contributed by atoms with Crippen LogP contribution in [0.25, 0.3) is 0 Å². The first kappa shape index (κ1) is 30.4. The molecule has 0 aromatic heterocycles. The van der Waals surface area contributed by atoms with Gasteiger partial charge in [-0.05, 0) is 29.4 Å². The molecule has 37 heavy (non-hydrogen) atoms. The van der Waals surface area contributed by atoms with E-state index in [1.165, 1.54) is 0 Å². The van der Waals surface area contributed by atoms with Crippen molar-refractivity contribution in [3.8, 4) is 0 Å². The summed E-state index contributed by atoms with van der Waals surface area (Å²) in [6, 6.07) is 19.8. The molecule has 0 saturated heterocycles. The molecular formula is C28H39N3O5S. The molecule has 0 spiro atoms. The summed E-state index contributed by atoms with van der Waals surface area (Å²) in [5.74, 6) is -2.71. The number of benzene rings is 2. The highest BCUT2D eigenvalue weighted by Crippen LogP contribution is 2.39. The van der Waals surface area contributed by atoms with Gasteiger partial charge in [0, 0.05) is 26.0 Å². The van der Waals surface area contributed by atoms with Crippen molar-refractivity contribution >= 4 is 29.0 Å². The number of nitrogens with one attached hydrogen (secondary N) is 1. The summed E-state index contributed by atoms with van der Waals surface area (Å²) >= 11 is 5.89. The van der Waals surface area contributed by atoms with E-state index in [1.807, 2.05) is 67.6 Å². The molecule has 0 heterocycles. The Labute approximate surface area is 225 Å². The molecule has 2 aromatic carbocycles. The lowest BCUT2D eigenvalue weighted by Gasteiger charge is -2.37. The summed E-state index contributed by atoms with van der Waals surface area (Å²) in [4.78, 5) is 25.3. The molecule has 4 atom stereocenters. The van der Waals surface area contributed by atoms with E-state index >= 15 is 0 Å². The largest absolute Gasteiger partial charge is 0.382 e. The van der Waals surface area contributed by atoms with Crippen LogP contribution in [-0.2, 0) is 30.2 Å². The molecule has 2 unspecified atom stereocenters. The Bertz CT molecular complexity index is 961. The highest BCUT2D eigenvalue weighted by molar-refractivity contribution is 7.80. The lowest BCUT2D eigenvalue weighted by molar-refractivity contribution is -0.129. The van der Waals surface area contributed by atoms with Gasteiger partial charge in [-0.2, -0.15) is 0 Å². The van der Waals surface area contributed by atoms with Gasteiger partial charge in [0.2, 0.25) is 11.8 Å². The molecule has 2 rings (SSSR count). The number of primary amides is 2. The molecule has 5 N–H and O–H groups in total. The molecule has 0 aliphatic heterocycles. The van der Waals surface area contributed by atoms with E-state index in [2.05, 4.69) is 5.32 Å². The maximum Gasteiger partial charge on any atom is 0.221 e. The van der Waals surface area contributed by atoms with Crippen molar-refractivity contribution < 1.29 is 23.8 Å². The van der Waals surface area contributed by atoms with Crippen LogP contribution in [0, 0.1) is 17.8 Å². The third kappa shape index (κ3) is 10.6. The fourth-order valence-electron chi connectivity index (χ4n) is 4.57. The third-order valence-electron chi connectivity index (χ3n) is 6.40. The molecular weight excluding hydrogens is 490 g/mol. The number of carbonyl (C=O) groups excluding carboxylic acids is 2. The molecule has 2 amide bonds. The molecule has 0 aliphatic carbocycles. The number of thiocarbonyl (C=S) groups is 1. The normalized spacial score (nSPS) is 14.3. The Kier molecular flexibility index (Phi) is 13.8. The lowest BCUT2D eigenvalue weighted by Crippen LogP contribution is -2.45. The molecule has 0 radical (unpaired) electrons. The monoisotopic (exact) mass is 529 g/mol. The van der Waals surface area contributed by atoms with Gasteiger partial charge in [0.1, 0.15) is 6.79 Å². The van der Waals surface area contributed by atoms with E-state index in [4.69, 9.17) is 37.9 Å². The predicted octanol–water partition coefficient (Wildman–Crippen LogP) is 2.80. The summed E-state index contributed by atoms with van der Waals surface area (Å²) in [6.07, 6.45) is 0.422. The van der Waals surface area contributed by atoms with Crippen molar-refractivity contribution in [1.29, 1.82) is 0 Å². The average Bonchev–Trinajstić information content (AvgIpc) is 2.89. The minimum Gasteiger partial charge on any atom is -0.382 e. The zero-order valence-electron chi connectivity index (χ0n) is 21.6. The van der Waals surface area contributed by atoms with Gasteiger partial charge >= 0.3 is 0 Å². The summed E-state index contributed by atoms with van der Waals surface area (Å²) in [7, 11) is 1.61. The predicted molar refractivity (Wildman–Crippen MR) is 148 cm³/mol. The molecule has 0 aliphatic rings. The van der Waals surface area contributed by atoms with Crippen LogP contribution >= 0.6 is 12.2 Å². The Hall–Kier alpha value is -2.85. The van der Waals surface area contributed by atoms with Gasteiger partial charge in [0.25, 0.3) is 0 Å². The van der Waals surface area contributed by atoms with Crippen molar-refractivity contribution in [2.75, 3.05) is 40.3 Å². The van der Waals surface area contributed by atoms with E-state index < -0.39 is 17.7 Å². The highest BCUT2D eigenvalue weighted by Gasteiger charge is 2.40. The van der Waals surface area contributed by atoms with Gasteiger partial charge in [-0.1, -0.05) is 79.8 Å². The summed E-state index contributed by atoms with van der Waals surface area (Å²) in [6.45, 7) is 3.99. The van der Waals surface area contributed by atoms with Gasteiger partial charge in [-0.3, -0.25) is 9.59 Å². The SMILES string of the molecule is COCCOCOCCNC(=S)[C@@H](Cc1ccccc1)C(C(C)c1ccccc1)[C@@H](CC(N)=O)C(N)=O. The minimum absolute atomic E-state index is 0.128. The topological polar surface area (TPSA) is 126 Å². The number of hydrogen-bond donors (Lipinski definition) is 3. The van der Waals surface area contributed by atoms with Gasteiger partial charge < -0.3 is 31.0 Å². The molecule has 0 saturated carbocycles. The Balaban J connectivity index is 2.30. The van der Waals surface area contributed by atoms with Crippen molar-refractivity contribution in [3.05, 3.63) is 71.8 Å². The Morgan fingerprint density at radius 3 is 2.14 bits per heavy atom. The number of carbonyl (C=O) groups is 2. The van der Waals surface area contributed by atoms with Crippen LogP contribution in [0.4, 0.5) is 0 Å². The molecule has 9 heteroatoms. The van der Waals surface area contributed by atoms with Crippen LogP contribution in [-0.4, -0.2) is 57.1 Å². The fraction of sp³-hybridized carbons (Fsp3) is 0.464. The molecule has 8 nitrogen and oxygen atoms in total. The Morgan fingerprint density at radius 2 is 1.54 bits per heavy atom. The lowest BCUT2D eigenvalue weighted by atomic mass is 9.68. The van der Waals surface area contributed by atoms with Crippen LogP contribution in [0.3, 0.4) is 0 Å². The van der Waals surface area contributed by atoms with E-state index in [0.717, 1.165) is 11.1 Å². The number of ether oxygens (including phenoxy) is 3. The van der Waals surface area contributed by atoms with Gasteiger partial charge in [0.15, 0.2) is 0 Å². The summed E-state index contributed by atoms with van der Waals surface area (Å²) in [5.41, 5.74) is 13.5. The maximum absolute atomic E-state index is 12.7. The second-order valence-corrected chi connectivity index (χ2v) is 9.41. The second-order valence-electron chi connectivity index (χ2n) is 8.97. The average molecular weight is 530 g/mol. The third-order valence-corrected chi connectivity index (χ3v) is 6.84. The highest BCUT2D eigenvalue weighted by atomic mass is 32.1. The minimum atomic E-state index is -0.786. The molecule has 0 fully saturated rings. The van der Waals surface area contributed by atoms with Crippen LogP contribution < -0.4 is 16.8 Å². The Morgan fingerprint density at radius 1 is 0.919 bits per heavy atom. The molecule has 0 bridgehead atoms. The van der Waals surface area contributed by atoms with Crippen LogP contribution in [0.2, 0.25) is 0 Å². The zero-order valence-corrected chi connectivity index (χ0v) is 22.5. The summed E-state index contributed by atoms with van der Waals surface area (Å²) in [5, 5.41) is 3.30. The molecule has 2 aromatic rings. The van der Waals surface area contributed by atoms with Crippen molar-refractivity contribution in [2.24, 2.45) is 29.2 Å². The van der Waals surface area contributed by atoms with E-state index in [-0.39, 0.29) is 31.0 Å². The van der Waals surface area contributed by atoms with Gasteiger partial charge in [-0.25, -0.2) is 0 Å². The fourth-order valence-corrected chi connectivity index (χ4v) is 4.91. The smallest absolute Gasteiger partial charge is 0.221 e. The second kappa shape index (κ2) is 16.8. The number of rotatable bonds is 18. The number of methoxy groups -OCH3 is 1. The van der Waals surface area contributed by atoms with Crippen LogP contribution in [0.15, 0.2) is 60.7 Å². The first-order valence-electron chi connectivity index (χ1n) is 12.4. The quantitative estimate of drug-likeness (QED) is 0.154. The number of hydrogen-bond acceptors (Lipinski definition) is 6. The van der Waals surface area contributed by atoms with Gasteiger partial charge in [0.05, 0.1) is 30.7 Å². The van der Waals surface area contributed by atoms with Crippen LogP contribution in [0.5, 0.6) is 0 Å². The van der Waals surface area contributed by atoms with Crippen molar-refractivity contribution in [2.45, 2.75) is 25.7 Å². The maximum atomic E-state index is 12.7. The number of nitrogens with two attached hydrogens (primary N) is 2. The first-order chi connectivity index (χ1) is 17.8.